The fourth-order valence-corrected chi connectivity index (χ4v) is 3.46. The van der Waals surface area contributed by atoms with Crippen LogP contribution >= 0.6 is 43.5 Å². The second-order valence-corrected chi connectivity index (χ2v) is 7.37. The largest absolute Gasteiger partial charge is 0.465 e. The van der Waals surface area contributed by atoms with Crippen LogP contribution in [0.15, 0.2) is 0 Å². The summed E-state index contributed by atoms with van der Waals surface area (Å²) >= 11 is 0. The molecular formula is C10H16N2O6S4. The van der Waals surface area contributed by atoms with Crippen molar-refractivity contribution in [3.05, 3.63) is 0 Å². The SMILES string of the molecule is CCOC(=O)CSSNC(=O)C(=O)NSSCC(=O)OCC. The van der Waals surface area contributed by atoms with E-state index in [4.69, 9.17) is 0 Å². The number of carbonyl (C=O) groups excluding carboxylic acids is 4. The maximum Gasteiger partial charge on any atom is 0.320 e. The number of carbonyl (C=O) groups is 4. The van der Waals surface area contributed by atoms with Gasteiger partial charge in [0.2, 0.25) is 0 Å². The van der Waals surface area contributed by atoms with E-state index in [-0.39, 0.29) is 11.5 Å². The molecule has 0 rings (SSSR count). The van der Waals surface area contributed by atoms with Gasteiger partial charge in [0.25, 0.3) is 0 Å². The van der Waals surface area contributed by atoms with Gasteiger partial charge in [0, 0.05) is 22.0 Å². The molecule has 0 radical (unpaired) electrons. The van der Waals surface area contributed by atoms with E-state index in [1.54, 1.807) is 13.8 Å². The van der Waals surface area contributed by atoms with Gasteiger partial charge in [-0.3, -0.25) is 28.6 Å². The molecule has 0 saturated heterocycles. The summed E-state index contributed by atoms with van der Waals surface area (Å²) in [5, 5.41) is 0. The van der Waals surface area contributed by atoms with Gasteiger partial charge in [-0.2, -0.15) is 0 Å². The molecule has 2 N–H and O–H groups in total. The zero-order valence-electron chi connectivity index (χ0n) is 11.9. The van der Waals surface area contributed by atoms with E-state index in [9.17, 15) is 19.2 Å². The summed E-state index contributed by atoms with van der Waals surface area (Å²) in [6.07, 6.45) is 0. The Balaban J connectivity index is 3.65. The molecule has 0 aromatic rings. The molecule has 0 fully saturated rings. The number of rotatable bonds is 10. The van der Waals surface area contributed by atoms with Gasteiger partial charge in [-0.1, -0.05) is 21.6 Å². The van der Waals surface area contributed by atoms with E-state index in [1.165, 1.54) is 0 Å². The van der Waals surface area contributed by atoms with E-state index in [0.29, 0.717) is 13.2 Å². The third-order valence-electron chi connectivity index (χ3n) is 1.56. The van der Waals surface area contributed by atoms with Crippen molar-refractivity contribution >= 4 is 67.3 Å². The minimum absolute atomic E-state index is 0.0601. The summed E-state index contributed by atoms with van der Waals surface area (Å²) in [6.45, 7) is 3.97. The second kappa shape index (κ2) is 13.9. The highest BCUT2D eigenvalue weighted by Gasteiger charge is 2.14. The summed E-state index contributed by atoms with van der Waals surface area (Å²) < 4.78 is 13.9. The molecule has 22 heavy (non-hydrogen) atoms. The Hall–Kier alpha value is -0.720. The first-order chi connectivity index (χ1) is 10.5. The second-order valence-electron chi connectivity index (χ2n) is 3.16. The van der Waals surface area contributed by atoms with Gasteiger partial charge in [0.1, 0.15) is 11.5 Å². The number of ether oxygens (including phenoxy) is 2. The molecule has 126 valence electrons. The molecule has 0 aliphatic rings. The van der Waals surface area contributed by atoms with Crippen molar-refractivity contribution < 1.29 is 28.7 Å². The monoisotopic (exact) mass is 388 g/mol. The highest BCUT2D eigenvalue weighted by molar-refractivity contribution is 8.76. The van der Waals surface area contributed by atoms with Crippen molar-refractivity contribution in [1.29, 1.82) is 0 Å². The molecule has 0 spiro atoms. The Morgan fingerprint density at radius 1 is 0.773 bits per heavy atom. The number of nitrogens with one attached hydrogen (secondary N) is 2. The minimum Gasteiger partial charge on any atom is -0.465 e. The number of amides is 2. The Kier molecular flexibility index (Phi) is 13.5. The van der Waals surface area contributed by atoms with Crippen molar-refractivity contribution in [2.75, 3.05) is 24.7 Å². The molecule has 0 aliphatic heterocycles. The predicted octanol–water partition coefficient (Wildman–Crippen LogP) is 0.938. The van der Waals surface area contributed by atoms with Gasteiger partial charge in [0.05, 0.1) is 13.2 Å². The van der Waals surface area contributed by atoms with Crippen LogP contribution < -0.4 is 9.44 Å². The summed E-state index contributed by atoms with van der Waals surface area (Å²) in [5.74, 6) is -2.39. The van der Waals surface area contributed by atoms with Gasteiger partial charge < -0.3 is 9.47 Å². The molecular weight excluding hydrogens is 372 g/mol. The Morgan fingerprint density at radius 2 is 1.14 bits per heavy atom. The third kappa shape index (κ3) is 11.9. The highest BCUT2D eigenvalue weighted by Crippen LogP contribution is 2.18. The summed E-state index contributed by atoms with van der Waals surface area (Å²) in [6, 6.07) is 0. The van der Waals surface area contributed by atoms with Crippen LogP contribution in [0.1, 0.15) is 13.8 Å². The van der Waals surface area contributed by atoms with Crippen LogP contribution in [0.2, 0.25) is 0 Å². The zero-order chi connectivity index (χ0) is 16.8. The quantitative estimate of drug-likeness (QED) is 0.184. The van der Waals surface area contributed by atoms with Crippen LogP contribution in [0.25, 0.3) is 0 Å². The van der Waals surface area contributed by atoms with E-state index in [0.717, 1.165) is 43.5 Å². The van der Waals surface area contributed by atoms with Crippen LogP contribution in [0.3, 0.4) is 0 Å². The lowest BCUT2D eigenvalue weighted by Gasteiger charge is -2.04. The van der Waals surface area contributed by atoms with Crippen LogP contribution in [0.4, 0.5) is 0 Å². The number of esters is 2. The number of hydrogen-bond acceptors (Lipinski definition) is 10. The minimum atomic E-state index is -0.856. The number of hydrogen-bond donors (Lipinski definition) is 2. The molecule has 12 heteroatoms. The van der Waals surface area contributed by atoms with Crippen LogP contribution in [-0.4, -0.2) is 48.5 Å². The molecule has 0 aliphatic carbocycles. The maximum atomic E-state index is 11.4. The molecule has 2 amide bonds. The lowest BCUT2D eigenvalue weighted by Crippen LogP contribution is -2.33. The first-order valence-electron chi connectivity index (χ1n) is 5.99. The molecule has 0 atom stereocenters. The van der Waals surface area contributed by atoms with E-state index in [1.807, 2.05) is 0 Å². The average molecular weight is 389 g/mol. The highest BCUT2D eigenvalue weighted by atomic mass is 33.1. The predicted molar refractivity (Wildman–Crippen MR) is 89.6 cm³/mol. The lowest BCUT2D eigenvalue weighted by atomic mass is 10.6. The molecule has 0 saturated carbocycles. The van der Waals surface area contributed by atoms with Gasteiger partial charge in [-0.05, 0) is 13.8 Å². The van der Waals surface area contributed by atoms with Gasteiger partial charge in [-0.15, -0.1) is 0 Å². The Bertz CT molecular complexity index is 360. The van der Waals surface area contributed by atoms with Crippen molar-refractivity contribution in [3.63, 3.8) is 0 Å². The first kappa shape index (κ1) is 21.3. The average Bonchev–Trinajstić information content (AvgIpc) is 2.48. The van der Waals surface area contributed by atoms with Gasteiger partial charge >= 0.3 is 23.8 Å². The van der Waals surface area contributed by atoms with Gasteiger partial charge in [0.15, 0.2) is 0 Å². The summed E-state index contributed by atoms with van der Waals surface area (Å²) in [4.78, 5) is 44.7. The topological polar surface area (TPSA) is 111 Å². The first-order valence-corrected chi connectivity index (χ1v) is 10.6. The van der Waals surface area contributed by atoms with Crippen molar-refractivity contribution in [2.24, 2.45) is 0 Å². The molecule has 0 heterocycles. The van der Waals surface area contributed by atoms with Crippen molar-refractivity contribution in [1.82, 2.24) is 9.44 Å². The lowest BCUT2D eigenvalue weighted by molar-refractivity contribution is -0.140. The molecule has 0 unspecified atom stereocenters. The third-order valence-corrected chi connectivity index (χ3v) is 4.95. The normalized spacial score (nSPS) is 9.73. The summed E-state index contributed by atoms with van der Waals surface area (Å²) in [7, 11) is 3.80. The molecule has 0 aromatic carbocycles. The van der Waals surface area contributed by atoms with Crippen molar-refractivity contribution in [2.45, 2.75) is 13.8 Å². The van der Waals surface area contributed by atoms with Crippen LogP contribution in [-0.2, 0) is 28.7 Å². The van der Waals surface area contributed by atoms with Crippen molar-refractivity contribution in [3.8, 4) is 0 Å². The van der Waals surface area contributed by atoms with E-state index >= 15 is 0 Å². The molecule has 0 aromatic heterocycles. The Morgan fingerprint density at radius 3 is 1.45 bits per heavy atom. The zero-order valence-corrected chi connectivity index (χ0v) is 15.2. The van der Waals surface area contributed by atoms with Gasteiger partial charge in [-0.25, -0.2) is 0 Å². The Labute approximate surface area is 144 Å². The van der Waals surface area contributed by atoms with Crippen LogP contribution in [0, 0.1) is 0 Å². The standard InChI is InChI=1S/C10H16N2O6S4/c1-3-17-7(13)5-19-21-11-9(15)10(16)12-22-20-6-8(14)18-4-2/h3-6H2,1-2H3,(H,11,15)(H,12,16). The fraction of sp³-hybridized carbons (Fsp3) is 0.600. The fourth-order valence-electron chi connectivity index (χ4n) is 0.788. The molecule has 0 bridgehead atoms. The molecule has 8 nitrogen and oxygen atoms in total. The van der Waals surface area contributed by atoms with E-state index < -0.39 is 23.8 Å². The summed E-state index contributed by atoms with van der Waals surface area (Å²) in [5.41, 5.74) is 0. The smallest absolute Gasteiger partial charge is 0.320 e. The van der Waals surface area contributed by atoms with Crippen LogP contribution in [0.5, 0.6) is 0 Å². The maximum absolute atomic E-state index is 11.4. The van der Waals surface area contributed by atoms with E-state index in [2.05, 4.69) is 18.9 Å².